The lowest BCUT2D eigenvalue weighted by Gasteiger charge is -2.12. The Morgan fingerprint density at radius 1 is 1.56 bits per heavy atom. The predicted octanol–water partition coefficient (Wildman–Crippen LogP) is 0.827. The molecule has 0 saturated carbocycles. The number of hydrogen-bond donors (Lipinski definition) is 2. The van der Waals surface area contributed by atoms with Crippen LogP contribution in [0.5, 0.6) is 0 Å². The molecule has 1 unspecified atom stereocenters. The molecule has 3 N–H and O–H groups in total. The molecule has 18 heavy (non-hydrogen) atoms. The van der Waals surface area contributed by atoms with Crippen LogP contribution >= 0.6 is 0 Å². The van der Waals surface area contributed by atoms with Gasteiger partial charge in [-0.1, -0.05) is 12.1 Å². The number of amides is 1. The second-order valence-corrected chi connectivity index (χ2v) is 5.03. The fourth-order valence-corrected chi connectivity index (χ4v) is 2.37. The zero-order valence-corrected chi connectivity index (χ0v) is 10.9. The Bertz CT molecular complexity index is 419. The smallest absolute Gasteiger partial charge is 0.251 e. The van der Waals surface area contributed by atoms with E-state index in [2.05, 4.69) is 17.3 Å². The maximum Gasteiger partial charge on any atom is 0.251 e. The molecule has 1 aromatic carbocycles. The van der Waals surface area contributed by atoms with E-state index < -0.39 is 0 Å². The Labute approximate surface area is 108 Å². The van der Waals surface area contributed by atoms with Gasteiger partial charge in [0, 0.05) is 25.2 Å². The van der Waals surface area contributed by atoms with Crippen molar-refractivity contribution >= 4 is 5.91 Å². The summed E-state index contributed by atoms with van der Waals surface area (Å²) in [5.41, 5.74) is 7.26. The average molecular weight is 247 g/mol. The lowest BCUT2D eigenvalue weighted by molar-refractivity contribution is 0.0947. The first kappa shape index (κ1) is 13.1. The van der Waals surface area contributed by atoms with Gasteiger partial charge in [-0.05, 0) is 43.6 Å². The third-order valence-corrected chi connectivity index (χ3v) is 3.47. The van der Waals surface area contributed by atoms with Crippen molar-refractivity contribution in [2.75, 3.05) is 26.7 Å². The van der Waals surface area contributed by atoms with Crippen LogP contribution in [0.3, 0.4) is 0 Å². The van der Waals surface area contributed by atoms with Crippen LogP contribution in [0, 0.1) is 5.92 Å². The minimum absolute atomic E-state index is 0.000136. The fourth-order valence-electron chi connectivity index (χ4n) is 2.37. The van der Waals surface area contributed by atoms with Gasteiger partial charge in [-0.3, -0.25) is 4.79 Å². The summed E-state index contributed by atoms with van der Waals surface area (Å²) < 4.78 is 0. The lowest BCUT2D eigenvalue weighted by Crippen LogP contribution is -2.30. The molecule has 98 valence electrons. The van der Waals surface area contributed by atoms with Gasteiger partial charge < -0.3 is 16.0 Å². The fraction of sp³-hybridized carbons (Fsp3) is 0.500. The minimum Gasteiger partial charge on any atom is -0.352 e. The van der Waals surface area contributed by atoms with E-state index in [1.807, 2.05) is 24.3 Å². The molecule has 1 heterocycles. The van der Waals surface area contributed by atoms with Crippen molar-refractivity contribution in [2.24, 2.45) is 11.7 Å². The summed E-state index contributed by atoms with van der Waals surface area (Å²) in [6.07, 6.45) is 1.17. The van der Waals surface area contributed by atoms with Gasteiger partial charge in [0.05, 0.1) is 0 Å². The standard InChI is InChI=1S/C14H21N3O/c1-17-6-5-12(10-17)9-16-14(18)13-4-2-3-11(7-13)8-15/h2-4,7,12H,5-6,8-10,15H2,1H3,(H,16,18). The maximum absolute atomic E-state index is 12.0. The van der Waals surface area contributed by atoms with Crippen molar-refractivity contribution in [1.82, 2.24) is 10.2 Å². The number of carbonyl (C=O) groups excluding carboxylic acids is 1. The first-order chi connectivity index (χ1) is 8.69. The van der Waals surface area contributed by atoms with Crippen LogP contribution in [0.25, 0.3) is 0 Å². The van der Waals surface area contributed by atoms with E-state index in [0.717, 1.165) is 25.2 Å². The zero-order valence-electron chi connectivity index (χ0n) is 10.9. The van der Waals surface area contributed by atoms with Crippen LogP contribution in [-0.4, -0.2) is 37.5 Å². The molecule has 1 fully saturated rings. The molecule has 1 saturated heterocycles. The summed E-state index contributed by atoms with van der Waals surface area (Å²) in [6.45, 7) is 3.43. The van der Waals surface area contributed by atoms with Crippen LogP contribution < -0.4 is 11.1 Å². The molecule has 0 bridgehead atoms. The van der Waals surface area contributed by atoms with Gasteiger partial charge >= 0.3 is 0 Å². The minimum atomic E-state index is -0.000136. The van der Waals surface area contributed by atoms with E-state index in [9.17, 15) is 4.79 Å². The van der Waals surface area contributed by atoms with Gasteiger partial charge in [0.15, 0.2) is 0 Å². The van der Waals surface area contributed by atoms with Crippen LogP contribution in [-0.2, 0) is 6.54 Å². The van der Waals surface area contributed by atoms with Crippen molar-refractivity contribution in [3.05, 3.63) is 35.4 Å². The summed E-state index contributed by atoms with van der Waals surface area (Å²) in [4.78, 5) is 14.3. The van der Waals surface area contributed by atoms with Gasteiger partial charge in [-0.25, -0.2) is 0 Å². The largest absolute Gasteiger partial charge is 0.352 e. The van der Waals surface area contributed by atoms with Gasteiger partial charge in [0.25, 0.3) is 5.91 Å². The van der Waals surface area contributed by atoms with E-state index in [1.54, 1.807) is 0 Å². The van der Waals surface area contributed by atoms with Crippen molar-refractivity contribution in [3.63, 3.8) is 0 Å². The maximum atomic E-state index is 12.0. The highest BCUT2D eigenvalue weighted by atomic mass is 16.1. The second-order valence-electron chi connectivity index (χ2n) is 5.03. The number of likely N-dealkylation sites (tertiary alicyclic amines) is 1. The van der Waals surface area contributed by atoms with Crippen LogP contribution in [0.1, 0.15) is 22.3 Å². The van der Waals surface area contributed by atoms with Crippen molar-refractivity contribution in [1.29, 1.82) is 0 Å². The highest BCUT2D eigenvalue weighted by Crippen LogP contribution is 2.13. The molecule has 4 nitrogen and oxygen atoms in total. The topological polar surface area (TPSA) is 58.4 Å². The van der Waals surface area contributed by atoms with E-state index in [1.165, 1.54) is 6.42 Å². The lowest BCUT2D eigenvalue weighted by atomic mass is 10.1. The number of nitrogens with two attached hydrogens (primary N) is 1. The molecule has 0 aliphatic carbocycles. The summed E-state index contributed by atoms with van der Waals surface area (Å²) >= 11 is 0. The molecule has 1 atom stereocenters. The van der Waals surface area contributed by atoms with Crippen molar-refractivity contribution in [3.8, 4) is 0 Å². The number of rotatable bonds is 4. The molecule has 2 rings (SSSR count). The third kappa shape index (κ3) is 3.31. The molecular weight excluding hydrogens is 226 g/mol. The highest BCUT2D eigenvalue weighted by Gasteiger charge is 2.19. The first-order valence-corrected chi connectivity index (χ1v) is 6.45. The Balaban J connectivity index is 1.87. The summed E-state index contributed by atoms with van der Waals surface area (Å²) in [5.74, 6) is 0.580. The highest BCUT2D eigenvalue weighted by molar-refractivity contribution is 5.94. The third-order valence-electron chi connectivity index (χ3n) is 3.47. The zero-order chi connectivity index (χ0) is 13.0. The first-order valence-electron chi connectivity index (χ1n) is 6.45. The van der Waals surface area contributed by atoms with Gasteiger partial charge in [-0.15, -0.1) is 0 Å². The molecule has 0 spiro atoms. The number of hydrogen-bond acceptors (Lipinski definition) is 3. The number of nitrogens with zero attached hydrogens (tertiary/aromatic N) is 1. The number of nitrogens with one attached hydrogen (secondary N) is 1. The van der Waals surface area contributed by atoms with Crippen LogP contribution in [0.2, 0.25) is 0 Å². The van der Waals surface area contributed by atoms with E-state index in [0.29, 0.717) is 18.0 Å². The quantitative estimate of drug-likeness (QED) is 0.828. The molecule has 0 radical (unpaired) electrons. The van der Waals surface area contributed by atoms with Gasteiger partial charge in [0.2, 0.25) is 0 Å². The molecule has 1 aromatic rings. The molecular formula is C14H21N3O. The number of carbonyl (C=O) groups is 1. The summed E-state index contributed by atoms with van der Waals surface area (Å²) in [6, 6.07) is 7.49. The molecule has 0 aromatic heterocycles. The molecule has 1 aliphatic heterocycles. The van der Waals surface area contributed by atoms with Crippen LogP contribution in [0.15, 0.2) is 24.3 Å². The Morgan fingerprint density at radius 2 is 2.39 bits per heavy atom. The molecule has 1 amide bonds. The molecule has 4 heteroatoms. The Morgan fingerprint density at radius 3 is 3.06 bits per heavy atom. The average Bonchev–Trinajstić information content (AvgIpc) is 2.82. The van der Waals surface area contributed by atoms with E-state index in [4.69, 9.17) is 5.73 Å². The van der Waals surface area contributed by atoms with Gasteiger partial charge in [-0.2, -0.15) is 0 Å². The SMILES string of the molecule is CN1CCC(CNC(=O)c2cccc(CN)c2)C1. The van der Waals surface area contributed by atoms with Gasteiger partial charge in [0.1, 0.15) is 0 Å². The van der Waals surface area contributed by atoms with Crippen molar-refractivity contribution in [2.45, 2.75) is 13.0 Å². The summed E-state index contributed by atoms with van der Waals surface area (Å²) in [7, 11) is 2.12. The van der Waals surface area contributed by atoms with E-state index in [-0.39, 0.29) is 5.91 Å². The Hall–Kier alpha value is -1.39. The van der Waals surface area contributed by atoms with Crippen LogP contribution in [0.4, 0.5) is 0 Å². The van der Waals surface area contributed by atoms with Crippen molar-refractivity contribution < 1.29 is 4.79 Å². The molecule has 1 aliphatic rings. The van der Waals surface area contributed by atoms with E-state index >= 15 is 0 Å². The number of benzene rings is 1. The second kappa shape index (κ2) is 5.98. The monoisotopic (exact) mass is 247 g/mol. The normalized spacial score (nSPS) is 20.0. The summed E-state index contributed by atoms with van der Waals surface area (Å²) in [5, 5.41) is 3.01. The predicted molar refractivity (Wildman–Crippen MR) is 72.3 cm³/mol. The Kier molecular flexibility index (Phi) is 4.33.